The maximum Gasteiger partial charge on any atom is 0.252 e. The monoisotopic (exact) mass is 206 g/mol. The van der Waals surface area contributed by atoms with Crippen molar-refractivity contribution in [3.05, 3.63) is 36.0 Å². The zero-order valence-electron chi connectivity index (χ0n) is 7.49. The lowest BCUT2D eigenvalue weighted by Gasteiger charge is -2.03. The molecule has 0 saturated heterocycles. The van der Waals surface area contributed by atoms with Gasteiger partial charge in [-0.25, -0.2) is 17.6 Å². The molecular weight excluding hydrogens is 196 g/mol. The summed E-state index contributed by atoms with van der Waals surface area (Å²) in [6, 6.07) is 0. The maximum atomic E-state index is 12.8. The van der Waals surface area contributed by atoms with Crippen LogP contribution >= 0.6 is 0 Å². The van der Waals surface area contributed by atoms with Crippen LogP contribution in [0.2, 0.25) is 0 Å². The predicted molar refractivity (Wildman–Crippen MR) is 46.3 cm³/mol. The van der Waals surface area contributed by atoms with Gasteiger partial charge in [0.2, 0.25) is 0 Å². The molecule has 1 fully saturated rings. The van der Waals surface area contributed by atoms with Crippen LogP contribution in [0.15, 0.2) is 36.0 Å². The molecule has 0 aromatic heterocycles. The van der Waals surface area contributed by atoms with Crippen molar-refractivity contribution >= 4 is 0 Å². The van der Waals surface area contributed by atoms with Gasteiger partial charge in [-0.2, -0.15) is 0 Å². The van der Waals surface area contributed by atoms with Gasteiger partial charge in [0.1, 0.15) is 11.7 Å². The van der Waals surface area contributed by atoms with Crippen LogP contribution in [-0.2, 0) is 0 Å². The van der Waals surface area contributed by atoms with Crippen molar-refractivity contribution in [2.75, 3.05) is 0 Å². The summed E-state index contributed by atoms with van der Waals surface area (Å²) in [6.45, 7) is 2.84. The summed E-state index contributed by atoms with van der Waals surface area (Å²) in [7, 11) is 0. The molecule has 0 radical (unpaired) electrons. The number of rotatable bonds is 2. The molecular formula is C10H10F4. The number of allylic oxidation sites excluding steroid dienone is 5. The molecule has 0 amide bonds. The van der Waals surface area contributed by atoms with Crippen molar-refractivity contribution in [3.8, 4) is 0 Å². The van der Waals surface area contributed by atoms with Crippen LogP contribution in [0.3, 0.4) is 0 Å². The van der Waals surface area contributed by atoms with Gasteiger partial charge in [0.05, 0.1) is 0 Å². The Kier molecular flexibility index (Phi) is 3.13. The molecule has 4 heteroatoms. The SMILES string of the molecule is C=C(F)/C=C(F)\C=C1/CCC(F)(F)C1. The highest BCUT2D eigenvalue weighted by Gasteiger charge is 2.35. The van der Waals surface area contributed by atoms with E-state index in [-0.39, 0.29) is 12.8 Å². The summed E-state index contributed by atoms with van der Waals surface area (Å²) in [5.74, 6) is -4.53. The van der Waals surface area contributed by atoms with Gasteiger partial charge in [0.25, 0.3) is 5.92 Å². The van der Waals surface area contributed by atoms with E-state index in [4.69, 9.17) is 0 Å². The van der Waals surface area contributed by atoms with Crippen LogP contribution in [0.4, 0.5) is 17.6 Å². The van der Waals surface area contributed by atoms with E-state index in [1.165, 1.54) is 0 Å². The van der Waals surface area contributed by atoms with Gasteiger partial charge in [-0.3, -0.25) is 0 Å². The second-order valence-corrected chi connectivity index (χ2v) is 3.31. The van der Waals surface area contributed by atoms with Crippen molar-refractivity contribution in [1.29, 1.82) is 0 Å². The quantitative estimate of drug-likeness (QED) is 0.472. The Balaban J connectivity index is 2.67. The molecule has 0 aliphatic heterocycles. The predicted octanol–water partition coefficient (Wildman–Crippen LogP) is 4.07. The van der Waals surface area contributed by atoms with Crippen molar-refractivity contribution in [1.82, 2.24) is 0 Å². The Bertz CT molecular complexity index is 299. The molecule has 0 spiro atoms. The zero-order valence-corrected chi connectivity index (χ0v) is 7.49. The number of halogens is 4. The van der Waals surface area contributed by atoms with Crippen LogP contribution in [-0.4, -0.2) is 5.92 Å². The second kappa shape index (κ2) is 3.98. The maximum absolute atomic E-state index is 12.8. The van der Waals surface area contributed by atoms with Crippen LogP contribution in [0.1, 0.15) is 19.3 Å². The minimum absolute atomic E-state index is 0.160. The highest BCUT2D eigenvalue weighted by atomic mass is 19.3. The molecule has 0 unspecified atom stereocenters. The first-order chi connectivity index (χ1) is 6.39. The summed E-state index contributed by atoms with van der Waals surface area (Å²) in [4.78, 5) is 0. The lowest BCUT2D eigenvalue weighted by Crippen LogP contribution is -2.07. The first-order valence-corrected chi connectivity index (χ1v) is 4.18. The summed E-state index contributed by atoms with van der Waals surface area (Å²) < 4.78 is 50.2. The highest BCUT2D eigenvalue weighted by Crippen LogP contribution is 2.38. The van der Waals surface area contributed by atoms with Gasteiger partial charge in [-0.1, -0.05) is 12.2 Å². The first-order valence-electron chi connectivity index (χ1n) is 4.18. The van der Waals surface area contributed by atoms with Gasteiger partial charge in [-0.05, 0) is 12.5 Å². The molecule has 0 aromatic carbocycles. The molecule has 0 atom stereocenters. The van der Waals surface area contributed by atoms with E-state index in [2.05, 4.69) is 6.58 Å². The Morgan fingerprint density at radius 1 is 1.36 bits per heavy atom. The first kappa shape index (κ1) is 11.0. The molecule has 78 valence electrons. The zero-order chi connectivity index (χ0) is 10.8. The molecule has 14 heavy (non-hydrogen) atoms. The average Bonchev–Trinajstić information content (AvgIpc) is 2.27. The molecule has 1 aliphatic rings. The topological polar surface area (TPSA) is 0 Å². The Hall–Kier alpha value is -1.06. The third-order valence-corrected chi connectivity index (χ3v) is 1.93. The molecule has 1 rings (SSSR count). The van der Waals surface area contributed by atoms with Gasteiger partial charge < -0.3 is 0 Å². The fraction of sp³-hybridized carbons (Fsp3) is 0.400. The van der Waals surface area contributed by atoms with E-state index in [0.717, 1.165) is 6.08 Å². The lowest BCUT2D eigenvalue weighted by molar-refractivity contribution is 0.0124. The van der Waals surface area contributed by atoms with E-state index < -0.39 is 24.0 Å². The molecule has 0 heterocycles. The molecule has 0 nitrogen and oxygen atoms in total. The van der Waals surface area contributed by atoms with Crippen LogP contribution < -0.4 is 0 Å². The number of hydrogen-bond donors (Lipinski definition) is 0. The highest BCUT2D eigenvalue weighted by molar-refractivity contribution is 5.26. The number of hydrogen-bond acceptors (Lipinski definition) is 0. The van der Waals surface area contributed by atoms with E-state index in [1.807, 2.05) is 0 Å². The normalized spacial score (nSPS) is 24.3. The Labute approximate surface area is 79.6 Å². The summed E-state index contributed by atoms with van der Waals surface area (Å²) in [6.07, 6.45) is 0.984. The van der Waals surface area contributed by atoms with Gasteiger partial charge in [0, 0.05) is 18.9 Å². The van der Waals surface area contributed by atoms with Gasteiger partial charge in [0.15, 0.2) is 0 Å². The lowest BCUT2D eigenvalue weighted by atomic mass is 10.2. The minimum Gasteiger partial charge on any atom is -0.208 e. The van der Waals surface area contributed by atoms with Crippen LogP contribution in [0, 0.1) is 0 Å². The summed E-state index contributed by atoms with van der Waals surface area (Å²) in [5, 5.41) is 0. The molecule has 1 saturated carbocycles. The van der Waals surface area contributed by atoms with Crippen molar-refractivity contribution in [2.24, 2.45) is 0 Å². The minimum atomic E-state index is -2.74. The fourth-order valence-corrected chi connectivity index (χ4v) is 1.36. The summed E-state index contributed by atoms with van der Waals surface area (Å²) in [5.41, 5.74) is 0.310. The van der Waals surface area contributed by atoms with Crippen LogP contribution in [0.5, 0.6) is 0 Å². The van der Waals surface area contributed by atoms with Crippen molar-refractivity contribution in [2.45, 2.75) is 25.2 Å². The van der Waals surface area contributed by atoms with E-state index in [1.54, 1.807) is 0 Å². The fourth-order valence-electron chi connectivity index (χ4n) is 1.36. The van der Waals surface area contributed by atoms with Gasteiger partial charge >= 0.3 is 0 Å². The third kappa shape index (κ3) is 3.36. The van der Waals surface area contributed by atoms with Gasteiger partial charge in [-0.15, -0.1) is 0 Å². The van der Waals surface area contributed by atoms with Crippen molar-refractivity contribution < 1.29 is 17.6 Å². The average molecular weight is 206 g/mol. The van der Waals surface area contributed by atoms with E-state index >= 15 is 0 Å². The second-order valence-electron chi connectivity index (χ2n) is 3.31. The van der Waals surface area contributed by atoms with Crippen LogP contribution in [0.25, 0.3) is 0 Å². The largest absolute Gasteiger partial charge is 0.252 e. The Morgan fingerprint density at radius 2 is 2.00 bits per heavy atom. The summed E-state index contributed by atoms with van der Waals surface area (Å²) >= 11 is 0. The van der Waals surface area contributed by atoms with E-state index in [0.29, 0.717) is 11.6 Å². The van der Waals surface area contributed by atoms with E-state index in [9.17, 15) is 17.6 Å². The smallest absolute Gasteiger partial charge is 0.208 e. The standard InChI is InChI=1S/C10H10F4/c1-7(11)4-9(12)5-8-2-3-10(13,14)6-8/h4-5H,1-3,6H2/b8-5+,9-4+. The Morgan fingerprint density at radius 3 is 2.43 bits per heavy atom. The molecule has 0 aromatic rings. The third-order valence-electron chi connectivity index (χ3n) is 1.93. The van der Waals surface area contributed by atoms with Crippen molar-refractivity contribution in [3.63, 3.8) is 0 Å². The molecule has 1 aliphatic carbocycles. The molecule has 0 N–H and O–H groups in total. The molecule has 0 bridgehead atoms. The number of alkyl halides is 2.